The number of para-hydroxylation sites is 1. The molecule has 2 heterocycles. The highest BCUT2D eigenvalue weighted by atomic mass is 16.4. The lowest BCUT2D eigenvalue weighted by Gasteiger charge is -2.35. The average Bonchev–Trinajstić information content (AvgIpc) is 3.14. The molecule has 132 valence electrons. The first kappa shape index (κ1) is 17.0. The van der Waals surface area contributed by atoms with Crippen LogP contribution in [-0.2, 0) is 0 Å². The Morgan fingerprint density at radius 1 is 1.28 bits per heavy atom. The van der Waals surface area contributed by atoms with Crippen molar-refractivity contribution >= 4 is 17.7 Å². The molecular weight excluding hydrogens is 320 g/mol. The van der Waals surface area contributed by atoms with Crippen LogP contribution in [0.4, 0.5) is 10.5 Å². The molecule has 0 spiro atoms. The molecule has 0 bridgehead atoms. The van der Waals surface area contributed by atoms with Crippen molar-refractivity contribution in [2.24, 2.45) is 0 Å². The van der Waals surface area contributed by atoms with Crippen LogP contribution in [0.2, 0.25) is 0 Å². The number of carboxylic acid groups (broad SMARTS) is 1. The van der Waals surface area contributed by atoms with Gasteiger partial charge >= 0.3 is 12.0 Å². The molecule has 1 aromatic heterocycles. The average molecular weight is 342 g/mol. The van der Waals surface area contributed by atoms with Crippen molar-refractivity contribution in [3.8, 4) is 0 Å². The highest BCUT2D eigenvalue weighted by molar-refractivity contribution is 5.92. The largest absolute Gasteiger partial charge is 0.476 e. The molecule has 0 aliphatic carbocycles. The molecule has 3 rings (SSSR count). The molecule has 0 unspecified atom stereocenters. The number of H-pyrrole nitrogens is 1. The number of urea groups is 1. The number of carbonyl (C=O) groups excluding carboxylic acids is 1. The van der Waals surface area contributed by atoms with E-state index in [0.717, 1.165) is 24.2 Å². The fraction of sp³-hybridized carbons (Fsp3) is 0.389. The minimum absolute atomic E-state index is 0.0167. The summed E-state index contributed by atoms with van der Waals surface area (Å²) in [6.45, 7) is 3.88. The number of anilines is 1. The van der Waals surface area contributed by atoms with Gasteiger partial charge in [-0.25, -0.2) is 9.59 Å². The predicted octanol–water partition coefficient (Wildman–Crippen LogP) is 2.93. The Kier molecular flexibility index (Phi) is 5.02. The summed E-state index contributed by atoms with van der Waals surface area (Å²) in [6, 6.07) is 11.3. The van der Waals surface area contributed by atoms with Gasteiger partial charge in [-0.1, -0.05) is 18.2 Å². The summed E-state index contributed by atoms with van der Waals surface area (Å²) in [7, 11) is 0. The third-order valence-electron chi connectivity index (χ3n) is 4.64. The van der Waals surface area contributed by atoms with Crippen molar-refractivity contribution in [3.05, 3.63) is 47.8 Å². The van der Waals surface area contributed by atoms with Gasteiger partial charge in [-0.15, -0.1) is 0 Å². The molecule has 2 amide bonds. The first-order chi connectivity index (χ1) is 12.1. The Balaban J connectivity index is 1.63. The summed E-state index contributed by atoms with van der Waals surface area (Å²) in [5.41, 5.74) is 1.77. The van der Waals surface area contributed by atoms with E-state index in [1.165, 1.54) is 0 Å². The van der Waals surface area contributed by atoms with Crippen molar-refractivity contribution in [3.63, 3.8) is 0 Å². The summed E-state index contributed by atoms with van der Waals surface area (Å²) in [4.78, 5) is 27.4. The van der Waals surface area contributed by atoms with Crippen LogP contribution in [0, 0.1) is 0 Å². The summed E-state index contributed by atoms with van der Waals surface area (Å²) in [5.74, 6) is -0.826. The van der Waals surface area contributed by atoms with E-state index < -0.39 is 5.97 Å². The minimum Gasteiger partial charge on any atom is -0.476 e. The van der Waals surface area contributed by atoms with Crippen LogP contribution < -0.4 is 4.90 Å². The lowest BCUT2D eigenvalue weighted by molar-refractivity contribution is 0.0690. The van der Waals surface area contributed by atoms with E-state index in [9.17, 15) is 9.59 Å². The molecule has 0 radical (unpaired) electrons. The zero-order valence-corrected chi connectivity index (χ0v) is 14.2. The second-order valence-electron chi connectivity index (χ2n) is 6.14. The molecule has 1 aromatic carbocycles. The third kappa shape index (κ3) is 3.65. The van der Waals surface area contributed by atoms with Gasteiger partial charge in [0.2, 0.25) is 0 Å². The number of piperidine rings is 1. The number of carboxylic acids is 1. The van der Waals surface area contributed by atoms with Gasteiger partial charge in [0.15, 0.2) is 5.69 Å². The Morgan fingerprint density at radius 3 is 2.52 bits per heavy atom. The topological polar surface area (TPSA) is 89.5 Å². The number of hydrogen-bond donors (Lipinski definition) is 2. The third-order valence-corrected chi connectivity index (χ3v) is 4.64. The van der Waals surface area contributed by atoms with E-state index in [1.807, 2.05) is 42.2 Å². The van der Waals surface area contributed by atoms with E-state index in [2.05, 4.69) is 10.2 Å². The number of aromatic amines is 1. The Bertz CT molecular complexity index is 736. The van der Waals surface area contributed by atoms with Crippen LogP contribution in [0.15, 0.2) is 36.4 Å². The van der Waals surface area contributed by atoms with E-state index in [-0.39, 0.29) is 17.6 Å². The summed E-state index contributed by atoms with van der Waals surface area (Å²) in [5, 5.41) is 15.6. The zero-order valence-electron chi connectivity index (χ0n) is 14.2. The first-order valence-electron chi connectivity index (χ1n) is 8.50. The first-order valence-corrected chi connectivity index (χ1v) is 8.50. The summed E-state index contributed by atoms with van der Waals surface area (Å²) in [6.07, 6.45) is 1.58. The number of benzene rings is 1. The number of likely N-dealkylation sites (tertiary alicyclic amines) is 1. The maximum atomic E-state index is 12.8. The highest BCUT2D eigenvalue weighted by Crippen LogP contribution is 2.28. The van der Waals surface area contributed by atoms with E-state index >= 15 is 0 Å². The number of amides is 2. The van der Waals surface area contributed by atoms with Gasteiger partial charge < -0.3 is 10.0 Å². The van der Waals surface area contributed by atoms with Gasteiger partial charge in [0, 0.05) is 36.9 Å². The maximum Gasteiger partial charge on any atom is 0.356 e. The fourth-order valence-electron chi connectivity index (χ4n) is 3.24. The van der Waals surface area contributed by atoms with Crippen LogP contribution in [0.25, 0.3) is 0 Å². The van der Waals surface area contributed by atoms with Gasteiger partial charge in [0.1, 0.15) is 0 Å². The van der Waals surface area contributed by atoms with Crippen molar-refractivity contribution in [1.29, 1.82) is 0 Å². The number of nitrogens with zero attached hydrogens (tertiary/aromatic N) is 3. The molecule has 2 aromatic rings. The van der Waals surface area contributed by atoms with Gasteiger partial charge in [0.25, 0.3) is 0 Å². The summed E-state index contributed by atoms with van der Waals surface area (Å²) >= 11 is 0. The van der Waals surface area contributed by atoms with Crippen molar-refractivity contribution in [2.75, 3.05) is 24.5 Å². The quantitative estimate of drug-likeness (QED) is 0.894. The predicted molar refractivity (Wildman–Crippen MR) is 94.0 cm³/mol. The van der Waals surface area contributed by atoms with Crippen LogP contribution in [0.1, 0.15) is 41.9 Å². The molecule has 0 saturated carbocycles. The molecule has 0 atom stereocenters. The van der Waals surface area contributed by atoms with Crippen LogP contribution in [0.5, 0.6) is 0 Å². The molecule has 1 aliphatic rings. The van der Waals surface area contributed by atoms with Crippen molar-refractivity contribution < 1.29 is 14.7 Å². The van der Waals surface area contributed by atoms with Crippen LogP contribution >= 0.6 is 0 Å². The second-order valence-corrected chi connectivity index (χ2v) is 6.14. The van der Waals surface area contributed by atoms with Gasteiger partial charge in [0.05, 0.1) is 0 Å². The van der Waals surface area contributed by atoms with Gasteiger partial charge in [-0.2, -0.15) is 5.10 Å². The Hall–Kier alpha value is -2.83. The molecule has 1 fully saturated rings. The van der Waals surface area contributed by atoms with Crippen molar-refractivity contribution in [2.45, 2.75) is 25.7 Å². The SMILES string of the molecule is CCN(C(=O)N1CCC(c2cc(C(=O)O)n[nH]2)CC1)c1ccccc1. The number of aromatic nitrogens is 2. The Labute approximate surface area is 146 Å². The van der Waals surface area contributed by atoms with Gasteiger partial charge in [-0.3, -0.25) is 10.00 Å². The number of nitrogens with one attached hydrogen (secondary N) is 1. The lowest BCUT2D eigenvalue weighted by atomic mass is 9.93. The minimum atomic E-state index is -1.03. The number of carbonyl (C=O) groups is 2. The smallest absolute Gasteiger partial charge is 0.356 e. The van der Waals surface area contributed by atoms with E-state index in [1.54, 1.807) is 11.0 Å². The normalized spacial score (nSPS) is 15.2. The fourth-order valence-corrected chi connectivity index (χ4v) is 3.24. The molecule has 2 N–H and O–H groups in total. The molecule has 7 nitrogen and oxygen atoms in total. The van der Waals surface area contributed by atoms with E-state index in [4.69, 9.17) is 5.11 Å². The highest BCUT2D eigenvalue weighted by Gasteiger charge is 2.28. The summed E-state index contributed by atoms with van der Waals surface area (Å²) < 4.78 is 0. The monoisotopic (exact) mass is 342 g/mol. The van der Waals surface area contributed by atoms with Crippen molar-refractivity contribution in [1.82, 2.24) is 15.1 Å². The zero-order chi connectivity index (χ0) is 17.8. The number of hydrogen-bond acceptors (Lipinski definition) is 3. The van der Waals surface area contributed by atoms with Crippen LogP contribution in [0.3, 0.4) is 0 Å². The van der Waals surface area contributed by atoms with Crippen LogP contribution in [-0.4, -0.2) is 51.8 Å². The molecule has 7 heteroatoms. The Morgan fingerprint density at radius 2 is 1.96 bits per heavy atom. The standard InChI is InChI=1S/C18H22N4O3/c1-2-22(14-6-4-3-5-7-14)18(25)21-10-8-13(9-11-21)15-12-16(17(23)24)20-19-15/h3-7,12-13H,2,8-11H2,1H3,(H,19,20)(H,23,24). The number of rotatable bonds is 4. The van der Waals surface area contributed by atoms with E-state index in [0.29, 0.717) is 19.6 Å². The molecule has 1 saturated heterocycles. The van der Waals surface area contributed by atoms with Gasteiger partial charge in [-0.05, 0) is 38.0 Å². The molecule has 25 heavy (non-hydrogen) atoms. The lowest BCUT2D eigenvalue weighted by Crippen LogP contribution is -2.46. The second kappa shape index (κ2) is 7.38. The molecule has 1 aliphatic heterocycles. The molecular formula is C18H22N4O3. The number of aromatic carboxylic acids is 1. The maximum absolute atomic E-state index is 12.8.